The third-order valence-electron chi connectivity index (χ3n) is 4.82. The van der Waals surface area contributed by atoms with E-state index >= 15 is 0 Å². The normalized spacial score (nSPS) is 17.6. The van der Waals surface area contributed by atoms with Gasteiger partial charge < -0.3 is 4.52 Å². The smallest absolute Gasteiger partial charge is 0.243 e. The standard InChI is InChI=1S/C19H25N5O/c1-14(2)18-21-19(25-22-18)15(3)24-10-8-23(9-11-24)13-17-7-5-4-6-16(17)12-20/h4-7,14-15H,8-11,13H2,1-3H3/t15-/m1/s1. The summed E-state index contributed by atoms with van der Waals surface area (Å²) in [6.45, 7) is 10.9. The highest BCUT2D eigenvalue weighted by atomic mass is 16.5. The Labute approximate surface area is 149 Å². The first kappa shape index (κ1) is 17.6. The first-order chi connectivity index (χ1) is 12.1. The van der Waals surface area contributed by atoms with Crippen LogP contribution in [0.25, 0.3) is 0 Å². The van der Waals surface area contributed by atoms with Gasteiger partial charge in [-0.05, 0) is 18.6 Å². The molecule has 0 N–H and O–H groups in total. The molecule has 6 nitrogen and oxygen atoms in total. The SMILES string of the molecule is CC(C)c1noc([C@@H](C)N2CCN(Cc3ccccc3C#N)CC2)n1. The summed E-state index contributed by atoms with van der Waals surface area (Å²) in [4.78, 5) is 9.30. The van der Waals surface area contributed by atoms with Crippen molar-refractivity contribution in [2.75, 3.05) is 26.2 Å². The Bertz CT molecular complexity index is 740. The third kappa shape index (κ3) is 4.06. The van der Waals surface area contributed by atoms with E-state index in [0.717, 1.165) is 49.7 Å². The van der Waals surface area contributed by atoms with Gasteiger partial charge in [0.15, 0.2) is 5.82 Å². The van der Waals surface area contributed by atoms with Gasteiger partial charge in [-0.2, -0.15) is 10.2 Å². The van der Waals surface area contributed by atoms with Gasteiger partial charge in [-0.15, -0.1) is 0 Å². The van der Waals surface area contributed by atoms with Gasteiger partial charge in [0.2, 0.25) is 5.89 Å². The Balaban J connectivity index is 1.57. The molecule has 132 valence electrons. The number of aromatic nitrogens is 2. The van der Waals surface area contributed by atoms with Crippen molar-refractivity contribution in [3.63, 3.8) is 0 Å². The number of hydrogen-bond donors (Lipinski definition) is 0. The van der Waals surface area contributed by atoms with Crippen molar-refractivity contribution in [2.24, 2.45) is 0 Å². The highest BCUT2D eigenvalue weighted by Gasteiger charge is 2.26. The monoisotopic (exact) mass is 339 g/mol. The van der Waals surface area contributed by atoms with Crippen LogP contribution >= 0.6 is 0 Å². The number of nitrogens with zero attached hydrogens (tertiary/aromatic N) is 5. The molecular formula is C19H25N5O. The lowest BCUT2D eigenvalue weighted by molar-refractivity contribution is 0.0845. The Morgan fingerprint density at radius 1 is 1.16 bits per heavy atom. The van der Waals surface area contributed by atoms with Gasteiger partial charge in [0.1, 0.15) is 0 Å². The molecule has 0 bridgehead atoms. The molecular weight excluding hydrogens is 314 g/mol. The van der Waals surface area contributed by atoms with E-state index in [2.05, 4.69) is 46.8 Å². The molecule has 1 aromatic carbocycles. The second-order valence-corrected chi connectivity index (χ2v) is 6.90. The lowest BCUT2D eigenvalue weighted by atomic mass is 10.1. The van der Waals surface area contributed by atoms with Crippen LogP contribution in [0.15, 0.2) is 28.8 Å². The summed E-state index contributed by atoms with van der Waals surface area (Å²) in [5.74, 6) is 1.75. The number of piperazine rings is 1. The van der Waals surface area contributed by atoms with Gasteiger partial charge in [-0.1, -0.05) is 37.2 Å². The first-order valence-corrected chi connectivity index (χ1v) is 8.86. The summed E-state index contributed by atoms with van der Waals surface area (Å²) in [5, 5.41) is 13.3. The van der Waals surface area contributed by atoms with Crippen molar-refractivity contribution < 1.29 is 4.52 Å². The van der Waals surface area contributed by atoms with Gasteiger partial charge in [-0.25, -0.2) is 0 Å². The maximum absolute atomic E-state index is 9.23. The summed E-state index contributed by atoms with van der Waals surface area (Å²) in [7, 11) is 0. The highest BCUT2D eigenvalue weighted by molar-refractivity contribution is 5.37. The molecule has 0 aliphatic carbocycles. The molecule has 1 aliphatic rings. The van der Waals surface area contributed by atoms with Gasteiger partial charge in [0.05, 0.1) is 17.7 Å². The minimum Gasteiger partial charge on any atom is -0.338 e. The fourth-order valence-electron chi connectivity index (χ4n) is 3.12. The van der Waals surface area contributed by atoms with Crippen LogP contribution in [0.3, 0.4) is 0 Å². The van der Waals surface area contributed by atoms with Crippen molar-refractivity contribution in [3.05, 3.63) is 47.1 Å². The van der Waals surface area contributed by atoms with Crippen molar-refractivity contribution in [3.8, 4) is 6.07 Å². The van der Waals surface area contributed by atoms with E-state index < -0.39 is 0 Å². The molecule has 25 heavy (non-hydrogen) atoms. The van der Waals surface area contributed by atoms with E-state index in [-0.39, 0.29) is 12.0 Å². The molecule has 1 atom stereocenters. The molecule has 6 heteroatoms. The van der Waals surface area contributed by atoms with E-state index in [1.165, 1.54) is 0 Å². The van der Waals surface area contributed by atoms with E-state index in [9.17, 15) is 5.26 Å². The number of benzene rings is 1. The molecule has 3 rings (SSSR count). The Morgan fingerprint density at radius 2 is 1.88 bits per heavy atom. The van der Waals surface area contributed by atoms with Crippen LogP contribution in [0.5, 0.6) is 0 Å². The van der Waals surface area contributed by atoms with E-state index in [1.807, 2.05) is 24.3 Å². The molecule has 2 heterocycles. The van der Waals surface area contributed by atoms with Gasteiger partial charge in [0, 0.05) is 38.6 Å². The highest BCUT2D eigenvalue weighted by Crippen LogP contribution is 2.22. The summed E-state index contributed by atoms with van der Waals surface area (Å²) in [6, 6.07) is 10.2. The molecule has 1 saturated heterocycles. The fraction of sp³-hybridized carbons (Fsp3) is 0.526. The summed E-state index contributed by atoms with van der Waals surface area (Å²) in [5.41, 5.74) is 1.87. The molecule has 0 radical (unpaired) electrons. The van der Waals surface area contributed by atoms with E-state index in [0.29, 0.717) is 5.89 Å². The quantitative estimate of drug-likeness (QED) is 0.834. The van der Waals surface area contributed by atoms with Crippen LogP contribution in [0.4, 0.5) is 0 Å². The lowest BCUT2D eigenvalue weighted by Crippen LogP contribution is -2.46. The summed E-state index contributed by atoms with van der Waals surface area (Å²) < 4.78 is 5.44. The average molecular weight is 339 g/mol. The zero-order valence-electron chi connectivity index (χ0n) is 15.1. The molecule has 0 unspecified atom stereocenters. The molecule has 0 saturated carbocycles. The van der Waals surface area contributed by atoms with Crippen LogP contribution < -0.4 is 0 Å². The van der Waals surface area contributed by atoms with Crippen LogP contribution in [0.1, 0.15) is 55.6 Å². The van der Waals surface area contributed by atoms with Gasteiger partial charge >= 0.3 is 0 Å². The largest absolute Gasteiger partial charge is 0.338 e. The van der Waals surface area contributed by atoms with Gasteiger partial charge in [0.25, 0.3) is 0 Å². The number of nitriles is 1. The molecule has 1 fully saturated rings. The maximum Gasteiger partial charge on any atom is 0.243 e. The molecule has 0 amide bonds. The van der Waals surface area contributed by atoms with Crippen LogP contribution in [-0.2, 0) is 6.54 Å². The number of rotatable bonds is 5. The predicted octanol–water partition coefficient (Wildman–Crippen LogP) is 2.94. The molecule has 0 spiro atoms. The van der Waals surface area contributed by atoms with Crippen molar-refractivity contribution in [1.29, 1.82) is 5.26 Å². The lowest BCUT2D eigenvalue weighted by Gasteiger charge is -2.36. The summed E-state index contributed by atoms with van der Waals surface area (Å²) >= 11 is 0. The molecule has 2 aromatic rings. The van der Waals surface area contributed by atoms with E-state index in [1.54, 1.807) is 0 Å². The molecule has 1 aliphatic heterocycles. The van der Waals surface area contributed by atoms with Crippen molar-refractivity contribution >= 4 is 0 Å². The van der Waals surface area contributed by atoms with Crippen molar-refractivity contribution in [1.82, 2.24) is 19.9 Å². The Hall–Kier alpha value is -2.23. The topological polar surface area (TPSA) is 69.2 Å². The number of hydrogen-bond acceptors (Lipinski definition) is 6. The third-order valence-corrected chi connectivity index (χ3v) is 4.82. The zero-order valence-corrected chi connectivity index (χ0v) is 15.1. The molecule has 1 aromatic heterocycles. The first-order valence-electron chi connectivity index (χ1n) is 8.86. The van der Waals surface area contributed by atoms with Crippen LogP contribution in [-0.4, -0.2) is 46.1 Å². The second kappa shape index (κ2) is 7.77. The van der Waals surface area contributed by atoms with Crippen molar-refractivity contribution in [2.45, 2.75) is 39.3 Å². The van der Waals surface area contributed by atoms with E-state index in [4.69, 9.17) is 4.52 Å². The minimum atomic E-state index is 0.133. The van der Waals surface area contributed by atoms with Crippen LogP contribution in [0, 0.1) is 11.3 Å². The van der Waals surface area contributed by atoms with Gasteiger partial charge in [-0.3, -0.25) is 9.80 Å². The second-order valence-electron chi connectivity index (χ2n) is 6.90. The fourth-order valence-corrected chi connectivity index (χ4v) is 3.12. The van der Waals surface area contributed by atoms with Crippen LogP contribution in [0.2, 0.25) is 0 Å². The summed E-state index contributed by atoms with van der Waals surface area (Å²) in [6.07, 6.45) is 0. The average Bonchev–Trinajstić information content (AvgIpc) is 3.13. The predicted molar refractivity (Wildman–Crippen MR) is 94.8 cm³/mol. The Morgan fingerprint density at radius 3 is 2.52 bits per heavy atom. The zero-order chi connectivity index (χ0) is 17.8. The maximum atomic E-state index is 9.23. The minimum absolute atomic E-state index is 0.133. The Kier molecular flexibility index (Phi) is 5.47.